The van der Waals surface area contributed by atoms with Gasteiger partial charge in [0.25, 0.3) is 0 Å². The second kappa shape index (κ2) is 14.2. The fourth-order valence-corrected chi connectivity index (χ4v) is 5.23. The molecular weight excluding hydrogens is 299 g/mol. The molecule has 2 atom stereocenters. The summed E-state index contributed by atoms with van der Waals surface area (Å²) in [7, 11) is 2.87. The van der Waals surface area contributed by atoms with Gasteiger partial charge in [-0.25, -0.2) is 0 Å². The largest absolute Gasteiger partial charge is 0.117 e. The van der Waals surface area contributed by atoms with Crippen LogP contribution >= 0.6 is 0 Å². The molecule has 2 saturated carbocycles. The van der Waals surface area contributed by atoms with E-state index in [1.807, 2.05) is 0 Å². The van der Waals surface area contributed by atoms with Crippen molar-refractivity contribution >= 4 is 7.28 Å². The molecule has 145 valence electrons. The van der Waals surface area contributed by atoms with Crippen LogP contribution in [0.3, 0.4) is 0 Å². The Morgan fingerprint density at radius 2 is 0.720 bits per heavy atom. The zero-order chi connectivity index (χ0) is 17.6. The number of rotatable bonds is 2. The van der Waals surface area contributed by atoms with Gasteiger partial charge in [0.1, 0.15) is 7.28 Å². The van der Waals surface area contributed by atoms with Crippen LogP contribution in [0.1, 0.15) is 135 Å². The summed E-state index contributed by atoms with van der Waals surface area (Å²) >= 11 is 0. The first-order chi connectivity index (χ1) is 12.3. The zero-order valence-corrected chi connectivity index (χ0v) is 17.5. The summed E-state index contributed by atoms with van der Waals surface area (Å²) in [5, 5.41) is 0. The molecule has 2 rings (SSSR count). The summed E-state index contributed by atoms with van der Waals surface area (Å²) < 4.78 is 0. The van der Waals surface area contributed by atoms with Crippen molar-refractivity contribution in [3.8, 4) is 0 Å². The second-order valence-corrected chi connectivity index (χ2v) is 9.50. The maximum Gasteiger partial charge on any atom is 0.117 e. The Kier molecular flexibility index (Phi) is 12.1. The fourth-order valence-electron chi connectivity index (χ4n) is 5.23. The topological polar surface area (TPSA) is 0 Å². The zero-order valence-electron chi connectivity index (χ0n) is 17.5. The maximum absolute atomic E-state index is 2.87. The standard InChI is InChI=1S/C24H46B/c1-22-16-11-7-6-10-14-20-24(21-15-17-22)25-23-18-12-8-4-2-3-5-9-13-19-23/h22-24H,2-21H2,1H3. The first-order valence-corrected chi connectivity index (χ1v) is 12.2. The first kappa shape index (κ1) is 21.4. The smallest absolute Gasteiger partial charge is 0.0686 e. The fraction of sp³-hybridized carbons (Fsp3) is 1.00. The van der Waals surface area contributed by atoms with E-state index in [1.165, 1.54) is 128 Å². The van der Waals surface area contributed by atoms with Crippen LogP contribution in [0, 0.1) is 5.92 Å². The molecule has 0 aromatic rings. The Morgan fingerprint density at radius 3 is 1.20 bits per heavy atom. The van der Waals surface area contributed by atoms with Crippen LogP contribution < -0.4 is 0 Å². The van der Waals surface area contributed by atoms with Crippen LogP contribution in [0.25, 0.3) is 0 Å². The van der Waals surface area contributed by atoms with E-state index in [0.717, 1.165) is 17.6 Å². The highest BCUT2D eigenvalue weighted by Crippen LogP contribution is 2.33. The first-order valence-electron chi connectivity index (χ1n) is 12.2. The molecule has 1 radical (unpaired) electrons. The van der Waals surface area contributed by atoms with E-state index in [-0.39, 0.29) is 0 Å². The van der Waals surface area contributed by atoms with Gasteiger partial charge in [0, 0.05) is 0 Å². The lowest BCUT2D eigenvalue weighted by Gasteiger charge is -2.24. The monoisotopic (exact) mass is 345 g/mol. The Hall–Kier alpha value is 0.0649. The van der Waals surface area contributed by atoms with Crippen LogP contribution in [0.4, 0.5) is 0 Å². The molecule has 0 aromatic heterocycles. The summed E-state index contributed by atoms with van der Waals surface area (Å²) in [5.41, 5.74) is 0. The van der Waals surface area contributed by atoms with Crippen molar-refractivity contribution < 1.29 is 0 Å². The molecule has 0 N–H and O–H groups in total. The molecule has 2 aliphatic rings. The summed E-state index contributed by atoms with van der Waals surface area (Å²) in [5.74, 6) is 2.84. The number of hydrogen-bond acceptors (Lipinski definition) is 0. The van der Waals surface area contributed by atoms with E-state index < -0.39 is 0 Å². The van der Waals surface area contributed by atoms with Crippen LogP contribution in [0.15, 0.2) is 0 Å². The van der Waals surface area contributed by atoms with Gasteiger partial charge in [-0.15, -0.1) is 0 Å². The Morgan fingerprint density at radius 1 is 0.400 bits per heavy atom. The SMILES string of the molecule is CC1CCCCCCCC([B]C2CCCCCCCCCC2)CCC1. The van der Waals surface area contributed by atoms with E-state index in [1.54, 1.807) is 0 Å². The van der Waals surface area contributed by atoms with Crippen LogP contribution in [-0.4, -0.2) is 7.28 Å². The van der Waals surface area contributed by atoms with Crippen molar-refractivity contribution in [3.63, 3.8) is 0 Å². The summed E-state index contributed by atoms with van der Waals surface area (Å²) in [4.78, 5) is 0. The minimum atomic E-state index is 0.932. The molecule has 0 spiro atoms. The molecule has 2 unspecified atom stereocenters. The molecule has 2 fully saturated rings. The molecule has 0 aromatic carbocycles. The molecular formula is C24H46B. The molecule has 0 amide bonds. The average Bonchev–Trinajstić information content (AvgIpc) is 2.65. The quantitative estimate of drug-likeness (QED) is 0.439. The molecule has 0 heterocycles. The van der Waals surface area contributed by atoms with Crippen molar-refractivity contribution in [1.29, 1.82) is 0 Å². The van der Waals surface area contributed by atoms with E-state index in [9.17, 15) is 0 Å². The van der Waals surface area contributed by atoms with Crippen molar-refractivity contribution in [1.82, 2.24) is 0 Å². The van der Waals surface area contributed by atoms with E-state index in [4.69, 9.17) is 0 Å². The van der Waals surface area contributed by atoms with Crippen molar-refractivity contribution in [3.05, 3.63) is 0 Å². The lowest BCUT2D eigenvalue weighted by molar-refractivity contribution is 0.418. The van der Waals surface area contributed by atoms with Crippen molar-refractivity contribution in [2.24, 2.45) is 5.92 Å². The molecule has 1 heteroatoms. The summed E-state index contributed by atoms with van der Waals surface area (Å²) in [6, 6.07) is 0. The van der Waals surface area contributed by atoms with Gasteiger partial charge in [0.05, 0.1) is 0 Å². The normalized spacial score (nSPS) is 30.4. The van der Waals surface area contributed by atoms with Crippen molar-refractivity contribution in [2.75, 3.05) is 0 Å². The van der Waals surface area contributed by atoms with Gasteiger partial charge in [-0.2, -0.15) is 0 Å². The predicted octanol–water partition coefficient (Wildman–Crippen LogP) is 8.73. The van der Waals surface area contributed by atoms with Crippen molar-refractivity contribution in [2.45, 2.75) is 147 Å². The molecule has 0 nitrogen and oxygen atoms in total. The Balaban J connectivity index is 1.79. The van der Waals surface area contributed by atoms with Gasteiger partial charge in [-0.05, 0) is 5.92 Å². The predicted molar refractivity (Wildman–Crippen MR) is 115 cm³/mol. The Bertz CT molecular complexity index is 288. The van der Waals surface area contributed by atoms with Crippen LogP contribution in [-0.2, 0) is 0 Å². The third-order valence-corrected chi connectivity index (χ3v) is 6.99. The highest BCUT2D eigenvalue weighted by Gasteiger charge is 2.19. The highest BCUT2D eigenvalue weighted by molar-refractivity contribution is 6.39. The minimum absolute atomic E-state index is 0.932. The third-order valence-electron chi connectivity index (χ3n) is 6.99. The second-order valence-electron chi connectivity index (χ2n) is 9.50. The minimum Gasteiger partial charge on any atom is -0.0686 e. The third kappa shape index (κ3) is 10.7. The Labute approximate surface area is 160 Å². The lowest BCUT2D eigenvalue weighted by atomic mass is 9.50. The van der Waals surface area contributed by atoms with Gasteiger partial charge in [0.15, 0.2) is 0 Å². The summed E-state index contributed by atoms with van der Waals surface area (Å²) in [6.07, 6.45) is 29.8. The summed E-state index contributed by atoms with van der Waals surface area (Å²) in [6.45, 7) is 2.49. The van der Waals surface area contributed by atoms with E-state index >= 15 is 0 Å². The number of hydrogen-bond donors (Lipinski definition) is 0. The molecule has 0 bridgehead atoms. The lowest BCUT2D eigenvalue weighted by Crippen LogP contribution is -2.13. The van der Waals surface area contributed by atoms with Crippen LogP contribution in [0.2, 0.25) is 11.6 Å². The van der Waals surface area contributed by atoms with E-state index in [2.05, 4.69) is 14.2 Å². The van der Waals surface area contributed by atoms with Gasteiger partial charge < -0.3 is 0 Å². The highest BCUT2D eigenvalue weighted by atomic mass is 14.1. The van der Waals surface area contributed by atoms with Gasteiger partial charge in [-0.3, -0.25) is 0 Å². The molecule has 0 aliphatic heterocycles. The van der Waals surface area contributed by atoms with Gasteiger partial charge >= 0.3 is 0 Å². The van der Waals surface area contributed by atoms with Gasteiger partial charge in [-0.1, -0.05) is 147 Å². The molecule has 2 aliphatic carbocycles. The van der Waals surface area contributed by atoms with Gasteiger partial charge in [0.2, 0.25) is 0 Å². The molecule has 25 heavy (non-hydrogen) atoms. The maximum atomic E-state index is 2.87. The molecule has 0 saturated heterocycles. The van der Waals surface area contributed by atoms with E-state index in [0.29, 0.717) is 0 Å². The average molecular weight is 345 g/mol. The van der Waals surface area contributed by atoms with Crippen LogP contribution in [0.5, 0.6) is 0 Å².